The second kappa shape index (κ2) is 7.94. The number of hydrogen-bond acceptors (Lipinski definition) is 3. The lowest BCUT2D eigenvalue weighted by molar-refractivity contribution is -0.143. The number of carbonyl (C=O) groups excluding carboxylic acids is 1. The first-order valence-corrected chi connectivity index (χ1v) is 10.2. The molecule has 3 aromatic rings. The summed E-state index contributed by atoms with van der Waals surface area (Å²) in [6.07, 6.45) is 4.99. The lowest BCUT2D eigenvalue weighted by Crippen LogP contribution is -2.55. The number of methoxy groups -OCH3 is 1. The van der Waals surface area contributed by atoms with Gasteiger partial charge >= 0.3 is 0 Å². The largest absolute Gasteiger partial charge is 0.496 e. The van der Waals surface area contributed by atoms with E-state index in [9.17, 15) is 9.18 Å². The zero-order chi connectivity index (χ0) is 21.3. The number of rotatable bonds is 6. The summed E-state index contributed by atoms with van der Waals surface area (Å²) >= 11 is 0. The molecule has 6 heteroatoms. The lowest BCUT2D eigenvalue weighted by atomic mass is 9.81. The molecule has 0 spiro atoms. The van der Waals surface area contributed by atoms with Gasteiger partial charge in [0.15, 0.2) is 5.54 Å². The molecule has 5 nitrogen and oxygen atoms in total. The first-order valence-electron chi connectivity index (χ1n) is 10.2. The van der Waals surface area contributed by atoms with Gasteiger partial charge in [-0.15, -0.1) is 0 Å². The summed E-state index contributed by atoms with van der Waals surface area (Å²) in [6, 6.07) is 12.3. The van der Waals surface area contributed by atoms with E-state index in [0.29, 0.717) is 25.3 Å². The molecule has 0 fully saturated rings. The van der Waals surface area contributed by atoms with Crippen LogP contribution >= 0.6 is 0 Å². The van der Waals surface area contributed by atoms with E-state index in [1.54, 1.807) is 25.6 Å². The van der Waals surface area contributed by atoms with Gasteiger partial charge < -0.3 is 14.2 Å². The van der Waals surface area contributed by atoms with Crippen molar-refractivity contribution in [3.63, 3.8) is 0 Å². The zero-order valence-corrected chi connectivity index (χ0v) is 17.6. The summed E-state index contributed by atoms with van der Waals surface area (Å²) in [5.41, 5.74) is 2.83. The number of carbonyl (C=O) groups is 1. The molecular formula is C24H26FN3O2. The Kier molecular flexibility index (Phi) is 5.33. The van der Waals surface area contributed by atoms with E-state index >= 15 is 0 Å². The fourth-order valence-corrected chi connectivity index (χ4v) is 4.46. The van der Waals surface area contributed by atoms with Gasteiger partial charge in [0.05, 0.1) is 25.7 Å². The number of imidazole rings is 1. The fourth-order valence-electron chi connectivity index (χ4n) is 4.46. The minimum Gasteiger partial charge on any atom is -0.496 e. The van der Waals surface area contributed by atoms with E-state index in [1.165, 1.54) is 12.1 Å². The highest BCUT2D eigenvalue weighted by Crippen LogP contribution is 2.43. The molecule has 2 heterocycles. The molecule has 1 aromatic heterocycles. The molecule has 1 aliphatic heterocycles. The van der Waals surface area contributed by atoms with Gasteiger partial charge in [-0.3, -0.25) is 4.79 Å². The third-order valence-electron chi connectivity index (χ3n) is 5.82. The molecule has 1 unspecified atom stereocenters. The Bertz CT molecular complexity index is 1060. The van der Waals surface area contributed by atoms with Gasteiger partial charge in [0.2, 0.25) is 0 Å². The van der Waals surface area contributed by atoms with Crippen molar-refractivity contribution in [3.05, 3.63) is 83.2 Å². The number of aromatic nitrogens is 2. The van der Waals surface area contributed by atoms with E-state index in [1.807, 2.05) is 40.8 Å². The van der Waals surface area contributed by atoms with Gasteiger partial charge in [0, 0.05) is 18.3 Å². The van der Waals surface area contributed by atoms with Crippen LogP contribution in [0.5, 0.6) is 5.75 Å². The minimum atomic E-state index is -0.933. The van der Waals surface area contributed by atoms with E-state index in [-0.39, 0.29) is 11.7 Å². The van der Waals surface area contributed by atoms with E-state index in [4.69, 9.17) is 4.74 Å². The SMILES string of the molecule is CCCC1(c2ccc(C)cc2OC)C(=O)N(Cc2ccc(F)cc2)Cc2cncn21. The predicted molar refractivity (Wildman–Crippen MR) is 113 cm³/mol. The van der Waals surface area contributed by atoms with Gasteiger partial charge in [-0.25, -0.2) is 9.37 Å². The molecular weight excluding hydrogens is 381 g/mol. The molecule has 1 atom stereocenters. The summed E-state index contributed by atoms with van der Waals surface area (Å²) in [5, 5.41) is 0. The number of benzene rings is 2. The molecule has 0 saturated heterocycles. The molecule has 1 aliphatic rings. The Morgan fingerprint density at radius 3 is 2.67 bits per heavy atom. The highest BCUT2D eigenvalue weighted by atomic mass is 19.1. The number of fused-ring (bicyclic) bond motifs is 1. The Morgan fingerprint density at radius 1 is 1.20 bits per heavy atom. The van der Waals surface area contributed by atoms with Crippen LogP contribution in [-0.4, -0.2) is 27.5 Å². The molecule has 156 valence electrons. The van der Waals surface area contributed by atoms with Gasteiger partial charge in [-0.05, 0) is 42.7 Å². The molecule has 1 amide bonds. The Hall–Kier alpha value is -3.15. The number of halogens is 1. The van der Waals surface area contributed by atoms with Crippen molar-refractivity contribution in [2.24, 2.45) is 0 Å². The van der Waals surface area contributed by atoms with Crippen LogP contribution in [0.1, 0.15) is 42.1 Å². The van der Waals surface area contributed by atoms with Crippen molar-refractivity contribution in [1.29, 1.82) is 0 Å². The summed E-state index contributed by atoms with van der Waals surface area (Å²) < 4.78 is 21.1. The van der Waals surface area contributed by atoms with E-state index < -0.39 is 5.54 Å². The van der Waals surface area contributed by atoms with Crippen LogP contribution in [0.3, 0.4) is 0 Å². The summed E-state index contributed by atoms with van der Waals surface area (Å²) in [7, 11) is 1.64. The van der Waals surface area contributed by atoms with E-state index in [0.717, 1.165) is 28.8 Å². The second-order valence-corrected chi connectivity index (χ2v) is 7.86. The van der Waals surface area contributed by atoms with Crippen LogP contribution in [0, 0.1) is 12.7 Å². The average Bonchev–Trinajstić information content (AvgIpc) is 3.21. The number of amides is 1. The van der Waals surface area contributed by atoms with Crippen LogP contribution in [0.15, 0.2) is 55.0 Å². The maximum Gasteiger partial charge on any atom is 0.254 e. The Balaban J connectivity index is 1.86. The van der Waals surface area contributed by atoms with Crippen molar-refractivity contribution in [1.82, 2.24) is 14.5 Å². The zero-order valence-electron chi connectivity index (χ0n) is 17.6. The van der Waals surface area contributed by atoms with Gasteiger partial charge in [-0.1, -0.05) is 37.6 Å². The van der Waals surface area contributed by atoms with Gasteiger partial charge in [0.1, 0.15) is 11.6 Å². The van der Waals surface area contributed by atoms with Gasteiger partial charge in [-0.2, -0.15) is 0 Å². The minimum absolute atomic E-state index is 0.00123. The van der Waals surface area contributed by atoms with E-state index in [2.05, 4.69) is 11.9 Å². The van der Waals surface area contributed by atoms with Crippen LogP contribution < -0.4 is 4.74 Å². The van der Waals surface area contributed by atoms with Crippen LogP contribution in [-0.2, 0) is 23.4 Å². The molecule has 0 bridgehead atoms. The first-order chi connectivity index (χ1) is 14.5. The molecule has 0 radical (unpaired) electrons. The predicted octanol–water partition coefficient (Wildman–Crippen LogP) is 4.43. The van der Waals surface area contributed by atoms with Crippen molar-refractivity contribution >= 4 is 5.91 Å². The van der Waals surface area contributed by atoms with Crippen molar-refractivity contribution in [2.75, 3.05) is 7.11 Å². The summed E-state index contributed by atoms with van der Waals surface area (Å²) in [4.78, 5) is 20.3. The normalized spacial score (nSPS) is 18.4. The number of nitrogens with zero attached hydrogens (tertiary/aromatic N) is 3. The van der Waals surface area contributed by atoms with Crippen molar-refractivity contribution in [3.8, 4) is 5.75 Å². The highest BCUT2D eigenvalue weighted by molar-refractivity contribution is 5.90. The second-order valence-electron chi connectivity index (χ2n) is 7.86. The summed E-state index contributed by atoms with van der Waals surface area (Å²) in [5.74, 6) is 0.410. The standard InChI is InChI=1S/C24H26FN3O2/c1-4-11-24(21-10-5-17(2)12-22(21)30-3)23(29)27(15-20-13-26-16-28(20)24)14-18-6-8-19(25)9-7-18/h5-10,12-13,16H,4,11,14-15H2,1-3H3. The Morgan fingerprint density at radius 2 is 1.97 bits per heavy atom. The molecule has 0 N–H and O–H groups in total. The highest BCUT2D eigenvalue weighted by Gasteiger charge is 2.49. The van der Waals surface area contributed by atoms with Gasteiger partial charge in [0.25, 0.3) is 5.91 Å². The summed E-state index contributed by atoms with van der Waals surface area (Å²) in [6.45, 7) is 4.94. The number of aryl methyl sites for hydroxylation is 1. The maximum absolute atomic E-state index is 14.1. The van der Waals surface area contributed by atoms with Crippen LogP contribution in [0.2, 0.25) is 0 Å². The monoisotopic (exact) mass is 407 g/mol. The fraction of sp³-hybridized carbons (Fsp3) is 0.333. The molecule has 0 aliphatic carbocycles. The Labute approximate surface area is 176 Å². The lowest BCUT2D eigenvalue weighted by Gasteiger charge is -2.44. The first kappa shape index (κ1) is 20.1. The van der Waals surface area contributed by atoms with Crippen molar-refractivity contribution in [2.45, 2.75) is 45.3 Å². The molecule has 0 saturated carbocycles. The van der Waals surface area contributed by atoms with Crippen LogP contribution in [0.4, 0.5) is 4.39 Å². The topological polar surface area (TPSA) is 47.4 Å². The third kappa shape index (κ3) is 3.26. The average molecular weight is 407 g/mol. The smallest absolute Gasteiger partial charge is 0.254 e. The number of hydrogen-bond donors (Lipinski definition) is 0. The number of ether oxygens (including phenoxy) is 1. The molecule has 30 heavy (non-hydrogen) atoms. The quantitative estimate of drug-likeness (QED) is 0.608. The maximum atomic E-state index is 14.1. The third-order valence-corrected chi connectivity index (χ3v) is 5.82. The molecule has 2 aromatic carbocycles. The van der Waals surface area contributed by atoms with Crippen molar-refractivity contribution < 1.29 is 13.9 Å². The van der Waals surface area contributed by atoms with Crippen LogP contribution in [0.25, 0.3) is 0 Å². The molecule has 4 rings (SSSR count).